The van der Waals surface area contributed by atoms with Crippen molar-refractivity contribution in [1.82, 2.24) is 19.5 Å². The summed E-state index contributed by atoms with van der Waals surface area (Å²) in [4.78, 5) is 13.0. The third kappa shape index (κ3) is 5.83. The number of anilines is 1. The lowest BCUT2D eigenvalue weighted by atomic mass is 9.92. The molecule has 4 aromatic rings. The predicted molar refractivity (Wildman–Crippen MR) is 149 cm³/mol. The molecule has 1 aliphatic rings. The zero-order valence-corrected chi connectivity index (χ0v) is 23.4. The summed E-state index contributed by atoms with van der Waals surface area (Å²) >= 11 is 0. The summed E-state index contributed by atoms with van der Waals surface area (Å²) in [5.41, 5.74) is 2.30. The second-order valence-electron chi connectivity index (χ2n) is 11.0. The first-order valence-corrected chi connectivity index (χ1v) is 13.7. The van der Waals surface area contributed by atoms with Gasteiger partial charge in [-0.2, -0.15) is 22.0 Å². The van der Waals surface area contributed by atoms with Crippen LogP contribution in [0.5, 0.6) is 0 Å². The van der Waals surface area contributed by atoms with Gasteiger partial charge in [0.25, 0.3) is 5.92 Å². The van der Waals surface area contributed by atoms with Gasteiger partial charge in [0.2, 0.25) is 0 Å². The molecular weight excluding hydrogens is 537 g/mol. The second kappa shape index (κ2) is 10.9. The summed E-state index contributed by atoms with van der Waals surface area (Å²) in [5, 5.41) is 3.24. The molecule has 41 heavy (non-hydrogen) atoms. The van der Waals surface area contributed by atoms with Crippen molar-refractivity contribution in [2.45, 2.75) is 77.6 Å². The largest absolute Gasteiger partial charge is 0.434 e. The Kier molecular flexibility index (Phi) is 7.61. The van der Waals surface area contributed by atoms with Crippen molar-refractivity contribution >= 4 is 5.82 Å². The van der Waals surface area contributed by atoms with E-state index in [4.69, 9.17) is 4.98 Å². The Morgan fingerprint density at radius 1 is 0.951 bits per heavy atom. The number of nitrogens with zero attached hydrogens (tertiary/aromatic N) is 4. The van der Waals surface area contributed by atoms with E-state index in [-0.39, 0.29) is 42.3 Å². The van der Waals surface area contributed by atoms with Crippen molar-refractivity contribution in [3.8, 4) is 22.8 Å². The van der Waals surface area contributed by atoms with Crippen LogP contribution in [0.2, 0.25) is 0 Å². The molecule has 5 rings (SSSR count). The van der Waals surface area contributed by atoms with Crippen LogP contribution in [0.3, 0.4) is 0 Å². The predicted octanol–water partition coefficient (Wildman–Crippen LogP) is 8.77. The zero-order valence-electron chi connectivity index (χ0n) is 23.4. The monoisotopic (exact) mass is 569 g/mol. The first kappa shape index (κ1) is 28.7. The van der Waals surface area contributed by atoms with Crippen LogP contribution in [-0.2, 0) is 25.1 Å². The van der Waals surface area contributed by atoms with Gasteiger partial charge in [0.1, 0.15) is 17.3 Å². The van der Waals surface area contributed by atoms with Gasteiger partial charge in [-0.05, 0) is 43.7 Å². The van der Waals surface area contributed by atoms with Gasteiger partial charge in [-0.15, -0.1) is 0 Å². The van der Waals surface area contributed by atoms with E-state index in [2.05, 4.69) is 15.3 Å². The lowest BCUT2D eigenvalue weighted by Gasteiger charge is -2.27. The number of rotatable bonds is 7. The first-order valence-electron chi connectivity index (χ1n) is 13.7. The Hall–Kier alpha value is -3.82. The molecule has 216 valence electrons. The summed E-state index contributed by atoms with van der Waals surface area (Å²) in [6, 6.07) is 14.3. The van der Waals surface area contributed by atoms with E-state index < -0.39 is 17.8 Å². The minimum absolute atomic E-state index is 0.153. The molecule has 0 amide bonds. The third-order valence-electron chi connectivity index (χ3n) is 7.35. The van der Waals surface area contributed by atoms with E-state index in [1.54, 1.807) is 38.1 Å². The average molecular weight is 570 g/mol. The van der Waals surface area contributed by atoms with Crippen molar-refractivity contribution in [1.29, 1.82) is 0 Å². The number of nitrogens with one attached hydrogen (secondary N) is 1. The van der Waals surface area contributed by atoms with E-state index in [0.29, 0.717) is 29.8 Å². The van der Waals surface area contributed by atoms with E-state index in [1.165, 1.54) is 4.57 Å². The highest BCUT2D eigenvalue weighted by Crippen LogP contribution is 2.42. The molecule has 0 atom stereocenters. The van der Waals surface area contributed by atoms with Crippen LogP contribution in [0.15, 0.2) is 54.7 Å². The topological polar surface area (TPSA) is 55.6 Å². The number of hydrogen-bond acceptors (Lipinski definition) is 4. The van der Waals surface area contributed by atoms with Gasteiger partial charge in [0, 0.05) is 41.9 Å². The Morgan fingerprint density at radius 3 is 2.32 bits per heavy atom. The summed E-state index contributed by atoms with van der Waals surface area (Å²) in [6.45, 7) is 7.94. The van der Waals surface area contributed by atoms with E-state index in [9.17, 15) is 13.2 Å². The maximum Gasteiger partial charge on any atom is 0.434 e. The molecular formula is C31H32F5N5. The van der Waals surface area contributed by atoms with Crippen LogP contribution in [0, 0.1) is 0 Å². The van der Waals surface area contributed by atoms with Gasteiger partial charge >= 0.3 is 6.18 Å². The molecule has 0 unspecified atom stereocenters. The van der Waals surface area contributed by atoms with Gasteiger partial charge in [-0.1, -0.05) is 62.4 Å². The Labute approximate surface area is 235 Å². The van der Waals surface area contributed by atoms with E-state index in [1.807, 2.05) is 38.1 Å². The molecule has 10 heteroatoms. The van der Waals surface area contributed by atoms with Crippen LogP contribution in [0.4, 0.5) is 27.8 Å². The quantitative estimate of drug-likeness (QED) is 0.226. The molecule has 1 N–H and O–H groups in total. The molecule has 0 fully saturated rings. The minimum Gasteiger partial charge on any atom is -0.366 e. The van der Waals surface area contributed by atoms with Crippen molar-refractivity contribution in [2.75, 3.05) is 5.32 Å². The highest BCUT2D eigenvalue weighted by atomic mass is 19.4. The number of halogens is 5. The van der Waals surface area contributed by atoms with Gasteiger partial charge in [0.15, 0.2) is 11.5 Å². The SMILES string of the molecule is CC(C)c1ccccc1-c1nc(NCc2ccc(-c3nc(C(F)(F)F)cn3C(C)C)cc2)c2c(n1)C(F)(F)CCC2. The van der Waals surface area contributed by atoms with Crippen LogP contribution < -0.4 is 5.32 Å². The number of benzene rings is 2. The Bertz CT molecular complexity index is 1540. The normalized spacial score (nSPS) is 14.9. The maximum atomic E-state index is 15.1. The highest BCUT2D eigenvalue weighted by Gasteiger charge is 2.40. The van der Waals surface area contributed by atoms with Crippen molar-refractivity contribution in [3.63, 3.8) is 0 Å². The summed E-state index contributed by atoms with van der Waals surface area (Å²) in [6.07, 6.45) is -3.00. The Balaban J connectivity index is 1.46. The second-order valence-corrected chi connectivity index (χ2v) is 11.0. The van der Waals surface area contributed by atoms with Crippen molar-refractivity contribution < 1.29 is 22.0 Å². The molecule has 2 aromatic carbocycles. The number of imidazole rings is 1. The molecule has 2 heterocycles. The molecule has 0 saturated heterocycles. The number of fused-ring (bicyclic) bond motifs is 1. The smallest absolute Gasteiger partial charge is 0.366 e. The average Bonchev–Trinajstić information content (AvgIpc) is 3.39. The van der Waals surface area contributed by atoms with Gasteiger partial charge < -0.3 is 9.88 Å². The lowest BCUT2D eigenvalue weighted by Crippen LogP contribution is -2.25. The van der Waals surface area contributed by atoms with Crippen LogP contribution in [0.25, 0.3) is 22.8 Å². The van der Waals surface area contributed by atoms with Crippen LogP contribution in [0.1, 0.15) is 80.6 Å². The van der Waals surface area contributed by atoms with E-state index >= 15 is 8.78 Å². The highest BCUT2D eigenvalue weighted by molar-refractivity contribution is 5.65. The molecule has 0 aliphatic heterocycles. The third-order valence-corrected chi connectivity index (χ3v) is 7.35. The maximum absolute atomic E-state index is 15.1. The van der Waals surface area contributed by atoms with Gasteiger partial charge in [-0.3, -0.25) is 0 Å². The fourth-order valence-corrected chi connectivity index (χ4v) is 5.19. The van der Waals surface area contributed by atoms with Crippen molar-refractivity contribution in [2.24, 2.45) is 0 Å². The fourth-order valence-electron chi connectivity index (χ4n) is 5.19. The van der Waals surface area contributed by atoms with Gasteiger partial charge in [-0.25, -0.2) is 15.0 Å². The lowest BCUT2D eigenvalue weighted by molar-refractivity contribution is -0.140. The Morgan fingerprint density at radius 2 is 1.66 bits per heavy atom. The molecule has 0 radical (unpaired) electrons. The summed E-state index contributed by atoms with van der Waals surface area (Å²) in [7, 11) is 0. The first-order chi connectivity index (χ1) is 19.3. The molecule has 0 saturated carbocycles. The molecule has 2 aromatic heterocycles. The molecule has 5 nitrogen and oxygen atoms in total. The zero-order chi connectivity index (χ0) is 29.5. The fraction of sp³-hybridized carbons (Fsp3) is 0.387. The molecule has 1 aliphatic carbocycles. The van der Waals surface area contributed by atoms with Crippen LogP contribution in [-0.4, -0.2) is 19.5 Å². The molecule has 0 spiro atoms. The number of aromatic nitrogens is 4. The number of alkyl halides is 5. The van der Waals surface area contributed by atoms with E-state index in [0.717, 1.165) is 22.9 Å². The number of hydrogen-bond donors (Lipinski definition) is 1. The van der Waals surface area contributed by atoms with Crippen molar-refractivity contribution in [3.05, 3.63) is 82.8 Å². The summed E-state index contributed by atoms with van der Waals surface area (Å²) in [5.74, 6) is -2.04. The summed E-state index contributed by atoms with van der Waals surface area (Å²) < 4.78 is 71.6. The molecule has 0 bridgehead atoms. The standard InChI is InChI=1S/C31H32F5N5/c1-18(2)22-8-5-6-9-23(22)28-39-26-24(10-7-15-30(26,32)33)27(40-28)37-16-20-11-13-21(14-12-20)29-38-25(31(34,35)36)17-41(29)19(3)4/h5-6,8-9,11-14,17-19H,7,10,15-16H2,1-4H3,(H,37,39,40). The van der Waals surface area contributed by atoms with Gasteiger partial charge in [0.05, 0.1) is 0 Å². The minimum atomic E-state index is -4.54. The van der Waals surface area contributed by atoms with Crippen LogP contribution >= 0.6 is 0 Å².